The molecule has 2 atom stereocenters. The molecule has 2 heterocycles. The summed E-state index contributed by atoms with van der Waals surface area (Å²) in [4.78, 5) is 17.7. The first kappa shape index (κ1) is 24.6. The summed E-state index contributed by atoms with van der Waals surface area (Å²) < 4.78 is 42.2. The maximum Gasteiger partial charge on any atom is 0.416 e. The highest BCUT2D eigenvalue weighted by atomic mass is 19.4. The molecule has 0 radical (unpaired) electrons. The molecular weight excluding hydrogens is 461 g/mol. The van der Waals surface area contributed by atoms with Crippen LogP contribution in [-0.2, 0) is 17.4 Å². The second-order valence-corrected chi connectivity index (χ2v) is 9.77. The molecule has 3 nitrogen and oxygen atoms in total. The fraction of sp³-hybridized carbons (Fsp3) is 0.367. The van der Waals surface area contributed by atoms with Gasteiger partial charge < -0.3 is 4.90 Å². The van der Waals surface area contributed by atoms with Crippen molar-refractivity contribution < 1.29 is 18.0 Å². The second-order valence-electron chi connectivity index (χ2n) is 9.77. The van der Waals surface area contributed by atoms with Crippen LogP contribution in [0.3, 0.4) is 0 Å². The predicted octanol–water partition coefficient (Wildman–Crippen LogP) is 6.80. The Bertz CT molecular complexity index is 1190. The Morgan fingerprint density at radius 1 is 0.806 bits per heavy atom. The summed E-state index contributed by atoms with van der Waals surface area (Å²) in [5, 5.41) is 0. The lowest BCUT2D eigenvalue weighted by atomic mass is 9.86. The third kappa shape index (κ3) is 5.05. The minimum atomic E-state index is -4.47. The van der Waals surface area contributed by atoms with E-state index in [0.29, 0.717) is 19.5 Å². The number of carbonyl (C=O) groups excluding carboxylic acids is 1. The maximum atomic E-state index is 14.1. The van der Waals surface area contributed by atoms with Crippen LogP contribution in [0.1, 0.15) is 65.6 Å². The Labute approximate surface area is 210 Å². The van der Waals surface area contributed by atoms with Crippen LogP contribution in [0.5, 0.6) is 0 Å². The number of rotatable bonds is 4. The van der Waals surface area contributed by atoms with Crippen LogP contribution in [0.15, 0.2) is 78.9 Å². The summed E-state index contributed by atoms with van der Waals surface area (Å²) in [5.74, 6) is -0.0142. The minimum Gasteiger partial charge on any atom is -0.335 e. The van der Waals surface area contributed by atoms with E-state index in [1.54, 1.807) is 12.1 Å². The van der Waals surface area contributed by atoms with E-state index in [1.165, 1.54) is 6.07 Å². The lowest BCUT2D eigenvalue weighted by molar-refractivity contribution is -0.138. The van der Waals surface area contributed by atoms with Gasteiger partial charge in [-0.05, 0) is 47.6 Å². The summed E-state index contributed by atoms with van der Waals surface area (Å²) in [7, 11) is 0. The average Bonchev–Trinajstić information content (AvgIpc) is 3.15. The first-order valence-electron chi connectivity index (χ1n) is 12.8. The van der Waals surface area contributed by atoms with Crippen molar-refractivity contribution in [1.82, 2.24) is 9.80 Å². The number of hydrogen-bond donors (Lipinski definition) is 0. The molecule has 0 aliphatic carbocycles. The monoisotopic (exact) mass is 492 g/mol. The van der Waals surface area contributed by atoms with E-state index in [4.69, 9.17) is 0 Å². The molecule has 1 saturated heterocycles. The topological polar surface area (TPSA) is 23.6 Å². The van der Waals surface area contributed by atoms with Gasteiger partial charge in [-0.1, -0.05) is 85.6 Å². The number of hydrogen-bond acceptors (Lipinski definition) is 2. The summed E-state index contributed by atoms with van der Waals surface area (Å²) in [6, 6.07) is 22.9. The molecular formula is C30H31F3N2O. The van der Waals surface area contributed by atoms with E-state index in [2.05, 4.69) is 12.1 Å². The molecule has 1 amide bonds. The highest BCUT2D eigenvalue weighted by Gasteiger charge is 2.39. The van der Waals surface area contributed by atoms with E-state index < -0.39 is 17.8 Å². The number of carbonyl (C=O) groups is 1. The summed E-state index contributed by atoms with van der Waals surface area (Å²) in [6.07, 6.45) is 0.211. The molecule has 0 bridgehead atoms. The van der Waals surface area contributed by atoms with Crippen LogP contribution in [0.2, 0.25) is 0 Å². The van der Waals surface area contributed by atoms with Gasteiger partial charge in [-0.15, -0.1) is 0 Å². The number of benzene rings is 3. The van der Waals surface area contributed by atoms with Crippen molar-refractivity contribution in [2.45, 2.75) is 50.4 Å². The zero-order valence-corrected chi connectivity index (χ0v) is 20.3. The van der Waals surface area contributed by atoms with Crippen LogP contribution in [0.25, 0.3) is 0 Å². The number of halogens is 3. The minimum absolute atomic E-state index is 0.000752. The lowest BCUT2D eigenvalue weighted by Gasteiger charge is -2.40. The van der Waals surface area contributed by atoms with Gasteiger partial charge in [-0.25, -0.2) is 0 Å². The number of likely N-dealkylation sites (tertiary alicyclic amines) is 1. The Morgan fingerprint density at radius 3 is 2.28 bits per heavy atom. The van der Waals surface area contributed by atoms with Gasteiger partial charge in [0.1, 0.15) is 0 Å². The molecule has 0 saturated carbocycles. The highest BCUT2D eigenvalue weighted by Crippen LogP contribution is 2.42. The molecule has 3 aromatic carbocycles. The largest absolute Gasteiger partial charge is 0.416 e. The van der Waals surface area contributed by atoms with E-state index >= 15 is 0 Å². The molecule has 1 fully saturated rings. The lowest BCUT2D eigenvalue weighted by Crippen LogP contribution is -2.46. The van der Waals surface area contributed by atoms with Crippen molar-refractivity contribution in [2.75, 3.05) is 19.6 Å². The first-order chi connectivity index (χ1) is 17.4. The van der Waals surface area contributed by atoms with Gasteiger partial charge in [-0.2, -0.15) is 13.2 Å². The number of amides is 1. The van der Waals surface area contributed by atoms with Gasteiger partial charge in [0.2, 0.25) is 5.91 Å². The number of alkyl halides is 3. The Kier molecular flexibility index (Phi) is 7.15. The van der Waals surface area contributed by atoms with Gasteiger partial charge in [0, 0.05) is 13.1 Å². The highest BCUT2D eigenvalue weighted by molar-refractivity contribution is 5.79. The van der Waals surface area contributed by atoms with Crippen molar-refractivity contribution in [3.05, 3.63) is 107 Å². The van der Waals surface area contributed by atoms with Crippen molar-refractivity contribution in [1.29, 1.82) is 0 Å². The zero-order valence-electron chi connectivity index (χ0n) is 20.3. The quantitative estimate of drug-likeness (QED) is 0.400. The van der Waals surface area contributed by atoms with Crippen LogP contribution in [0, 0.1) is 0 Å². The van der Waals surface area contributed by atoms with Gasteiger partial charge in [0.05, 0.1) is 24.2 Å². The van der Waals surface area contributed by atoms with E-state index in [0.717, 1.165) is 48.4 Å². The smallest absolute Gasteiger partial charge is 0.335 e. The molecule has 2 aliphatic rings. The molecule has 36 heavy (non-hydrogen) atoms. The Hall–Kier alpha value is -3.12. The van der Waals surface area contributed by atoms with Crippen molar-refractivity contribution in [3.63, 3.8) is 0 Å². The standard InChI is InChI=1S/C30H31F3N2O/c31-30(32,33)26-16-9-8-15-25(26)29-24-14-7-6-11-22(24)18-20-34(29)21-28(36)35-19-10-2-5-17-27(35)23-12-3-1-4-13-23/h1,3-4,6-9,11-16,27,29H,2,5,10,17-21H2. The van der Waals surface area contributed by atoms with Gasteiger partial charge in [0.25, 0.3) is 0 Å². The SMILES string of the molecule is O=C(CN1CCc2ccccc2C1c1ccccc1C(F)(F)F)N1CCCCCC1c1ccccc1. The van der Waals surface area contributed by atoms with Gasteiger partial charge >= 0.3 is 6.18 Å². The molecule has 0 spiro atoms. The average molecular weight is 493 g/mol. The van der Waals surface area contributed by atoms with Crippen molar-refractivity contribution in [2.24, 2.45) is 0 Å². The number of fused-ring (bicyclic) bond motifs is 1. The normalized spacial score (nSPS) is 21.0. The molecule has 0 N–H and O–H groups in total. The van der Waals surface area contributed by atoms with Crippen molar-refractivity contribution >= 4 is 5.91 Å². The first-order valence-corrected chi connectivity index (χ1v) is 12.8. The van der Waals surface area contributed by atoms with E-state index in [9.17, 15) is 18.0 Å². The van der Waals surface area contributed by atoms with Crippen LogP contribution in [0.4, 0.5) is 13.2 Å². The Balaban J connectivity index is 1.50. The summed E-state index contributed by atoms with van der Waals surface area (Å²) >= 11 is 0. The molecule has 188 valence electrons. The summed E-state index contributed by atoms with van der Waals surface area (Å²) in [5.41, 5.74) is 2.58. The molecule has 5 rings (SSSR count). The predicted molar refractivity (Wildman–Crippen MR) is 134 cm³/mol. The van der Waals surface area contributed by atoms with E-state index in [-0.39, 0.29) is 24.1 Å². The fourth-order valence-corrected chi connectivity index (χ4v) is 5.84. The number of nitrogens with zero attached hydrogens (tertiary/aromatic N) is 2. The van der Waals surface area contributed by atoms with Crippen molar-refractivity contribution in [3.8, 4) is 0 Å². The molecule has 3 aromatic rings. The van der Waals surface area contributed by atoms with E-state index in [1.807, 2.05) is 52.3 Å². The van der Waals surface area contributed by atoms with Gasteiger partial charge in [0.15, 0.2) is 0 Å². The molecule has 2 aliphatic heterocycles. The summed E-state index contributed by atoms with van der Waals surface area (Å²) in [6.45, 7) is 1.30. The van der Waals surface area contributed by atoms with Crippen LogP contribution >= 0.6 is 0 Å². The molecule has 0 aromatic heterocycles. The van der Waals surface area contributed by atoms with Crippen LogP contribution in [-0.4, -0.2) is 35.3 Å². The Morgan fingerprint density at radius 2 is 1.50 bits per heavy atom. The molecule has 2 unspecified atom stereocenters. The maximum absolute atomic E-state index is 14.1. The third-order valence-electron chi connectivity index (χ3n) is 7.54. The zero-order chi connectivity index (χ0) is 25.1. The third-order valence-corrected chi connectivity index (χ3v) is 7.54. The second kappa shape index (κ2) is 10.5. The fourth-order valence-electron chi connectivity index (χ4n) is 5.84. The van der Waals surface area contributed by atoms with Gasteiger partial charge in [-0.3, -0.25) is 9.69 Å². The van der Waals surface area contributed by atoms with Crippen LogP contribution < -0.4 is 0 Å². The molecule has 6 heteroatoms.